The monoisotopic (exact) mass is 220 g/mol. The summed E-state index contributed by atoms with van der Waals surface area (Å²) in [6.45, 7) is 3.11. The lowest BCUT2D eigenvalue weighted by molar-refractivity contribution is 0.257. The van der Waals surface area contributed by atoms with E-state index in [1.165, 1.54) is 25.7 Å². The van der Waals surface area contributed by atoms with Crippen LogP contribution < -0.4 is 5.56 Å². The van der Waals surface area contributed by atoms with E-state index in [-0.39, 0.29) is 5.56 Å². The predicted molar refractivity (Wildman–Crippen MR) is 64.2 cm³/mol. The Morgan fingerprint density at radius 3 is 3.12 bits per heavy atom. The van der Waals surface area contributed by atoms with Crippen molar-refractivity contribution in [3.05, 3.63) is 28.7 Å². The van der Waals surface area contributed by atoms with E-state index in [2.05, 4.69) is 12.0 Å². The molecule has 3 heteroatoms. The number of hydrogen-bond donors (Lipinski definition) is 0. The van der Waals surface area contributed by atoms with Crippen LogP contribution in [0.5, 0.6) is 0 Å². The Morgan fingerprint density at radius 1 is 1.50 bits per heavy atom. The van der Waals surface area contributed by atoms with Crippen LogP contribution in [0, 0.1) is 11.8 Å². The highest BCUT2D eigenvalue weighted by molar-refractivity contribution is 4.84. The molecule has 1 heterocycles. The van der Waals surface area contributed by atoms with Gasteiger partial charge in [0.25, 0.3) is 5.56 Å². The predicted octanol–water partition coefficient (Wildman–Crippen LogP) is 2.46. The third kappa shape index (κ3) is 2.94. The molecule has 88 valence electrons. The highest BCUT2D eigenvalue weighted by Gasteiger charge is 2.18. The SMILES string of the molecule is C[C@@H]1CCC[C@H](CCn2ncccc2=O)C1. The molecule has 0 spiro atoms. The van der Waals surface area contributed by atoms with Crippen molar-refractivity contribution in [1.82, 2.24) is 9.78 Å². The van der Waals surface area contributed by atoms with Crippen molar-refractivity contribution in [2.45, 2.75) is 45.6 Å². The lowest BCUT2D eigenvalue weighted by Gasteiger charge is -2.26. The molecule has 1 saturated carbocycles. The van der Waals surface area contributed by atoms with Gasteiger partial charge in [0.05, 0.1) is 0 Å². The zero-order chi connectivity index (χ0) is 11.4. The molecule has 3 nitrogen and oxygen atoms in total. The average Bonchev–Trinajstić information content (AvgIpc) is 2.28. The first-order valence-corrected chi connectivity index (χ1v) is 6.28. The van der Waals surface area contributed by atoms with E-state index >= 15 is 0 Å². The summed E-state index contributed by atoms with van der Waals surface area (Å²) in [7, 11) is 0. The van der Waals surface area contributed by atoms with Gasteiger partial charge in [0, 0.05) is 18.8 Å². The summed E-state index contributed by atoms with van der Waals surface area (Å²) in [5.74, 6) is 1.65. The van der Waals surface area contributed by atoms with Crippen molar-refractivity contribution in [3.63, 3.8) is 0 Å². The third-order valence-corrected chi connectivity index (χ3v) is 3.58. The second kappa shape index (κ2) is 5.28. The standard InChI is InChI=1S/C13H20N2O/c1-11-4-2-5-12(10-11)7-9-15-13(16)6-3-8-14-15/h3,6,8,11-12H,2,4-5,7,9-10H2,1H3/t11-,12-/m1/s1. The largest absolute Gasteiger partial charge is 0.268 e. The molecule has 0 aromatic carbocycles. The molecule has 1 aromatic rings. The van der Waals surface area contributed by atoms with Crippen molar-refractivity contribution in [3.8, 4) is 0 Å². The van der Waals surface area contributed by atoms with Crippen LogP contribution >= 0.6 is 0 Å². The molecule has 1 aliphatic carbocycles. The molecule has 0 radical (unpaired) electrons. The summed E-state index contributed by atoms with van der Waals surface area (Å²) in [5.41, 5.74) is 0.0198. The maximum Gasteiger partial charge on any atom is 0.266 e. The minimum absolute atomic E-state index is 0.0198. The molecule has 0 N–H and O–H groups in total. The van der Waals surface area contributed by atoms with Crippen LogP contribution in [0.2, 0.25) is 0 Å². The molecule has 16 heavy (non-hydrogen) atoms. The molecule has 2 rings (SSSR count). The Labute approximate surface area is 96.5 Å². The Morgan fingerprint density at radius 2 is 2.38 bits per heavy atom. The minimum Gasteiger partial charge on any atom is -0.268 e. The Kier molecular flexibility index (Phi) is 3.75. The highest BCUT2D eigenvalue weighted by Crippen LogP contribution is 2.30. The number of aromatic nitrogens is 2. The van der Waals surface area contributed by atoms with Gasteiger partial charge in [-0.3, -0.25) is 4.79 Å². The Bertz CT molecular complexity index is 386. The maximum absolute atomic E-state index is 11.5. The van der Waals surface area contributed by atoms with E-state index < -0.39 is 0 Å². The summed E-state index contributed by atoms with van der Waals surface area (Å²) in [6, 6.07) is 3.28. The van der Waals surface area contributed by atoms with E-state index in [0.717, 1.165) is 24.8 Å². The van der Waals surface area contributed by atoms with Crippen LogP contribution in [0.4, 0.5) is 0 Å². The van der Waals surface area contributed by atoms with E-state index in [1.807, 2.05) is 0 Å². The number of nitrogens with zero attached hydrogens (tertiary/aromatic N) is 2. The van der Waals surface area contributed by atoms with Crippen LogP contribution in [0.25, 0.3) is 0 Å². The van der Waals surface area contributed by atoms with Gasteiger partial charge in [-0.25, -0.2) is 4.68 Å². The van der Waals surface area contributed by atoms with Crippen LogP contribution in [-0.4, -0.2) is 9.78 Å². The average molecular weight is 220 g/mol. The first kappa shape index (κ1) is 11.4. The van der Waals surface area contributed by atoms with Crippen molar-refractivity contribution < 1.29 is 0 Å². The zero-order valence-electron chi connectivity index (χ0n) is 9.93. The van der Waals surface area contributed by atoms with Crippen molar-refractivity contribution >= 4 is 0 Å². The molecule has 0 saturated heterocycles. The third-order valence-electron chi connectivity index (χ3n) is 3.58. The van der Waals surface area contributed by atoms with E-state index in [9.17, 15) is 4.79 Å². The van der Waals surface area contributed by atoms with Gasteiger partial charge in [-0.2, -0.15) is 5.10 Å². The lowest BCUT2D eigenvalue weighted by Crippen LogP contribution is -2.23. The summed E-state index contributed by atoms with van der Waals surface area (Å²) in [6.07, 6.45) is 8.16. The summed E-state index contributed by atoms with van der Waals surface area (Å²) in [5, 5.41) is 4.09. The molecule has 0 unspecified atom stereocenters. The summed E-state index contributed by atoms with van der Waals surface area (Å²) in [4.78, 5) is 11.5. The van der Waals surface area contributed by atoms with Crippen molar-refractivity contribution in [2.24, 2.45) is 11.8 Å². The first-order chi connectivity index (χ1) is 7.75. The topological polar surface area (TPSA) is 34.9 Å². The van der Waals surface area contributed by atoms with Gasteiger partial charge in [0.2, 0.25) is 0 Å². The van der Waals surface area contributed by atoms with Crippen molar-refractivity contribution in [2.75, 3.05) is 0 Å². The van der Waals surface area contributed by atoms with E-state index in [4.69, 9.17) is 0 Å². The maximum atomic E-state index is 11.5. The van der Waals surface area contributed by atoms with Gasteiger partial charge in [0.1, 0.15) is 0 Å². The Hall–Kier alpha value is -1.12. The second-order valence-corrected chi connectivity index (χ2v) is 5.01. The molecular weight excluding hydrogens is 200 g/mol. The summed E-state index contributed by atoms with van der Waals surface area (Å²) < 4.78 is 1.58. The van der Waals surface area contributed by atoms with Gasteiger partial charge in [-0.05, 0) is 30.7 Å². The van der Waals surface area contributed by atoms with Crippen LogP contribution in [-0.2, 0) is 6.54 Å². The normalized spacial score (nSPS) is 25.6. The summed E-state index contributed by atoms with van der Waals surface area (Å²) >= 11 is 0. The van der Waals surface area contributed by atoms with Crippen LogP contribution in [0.3, 0.4) is 0 Å². The number of hydrogen-bond acceptors (Lipinski definition) is 2. The second-order valence-electron chi connectivity index (χ2n) is 5.01. The molecule has 0 amide bonds. The number of aryl methyl sites for hydroxylation is 1. The molecule has 2 atom stereocenters. The fourth-order valence-electron chi connectivity index (χ4n) is 2.68. The van der Waals surface area contributed by atoms with E-state index in [1.54, 1.807) is 23.0 Å². The van der Waals surface area contributed by atoms with Gasteiger partial charge in [-0.1, -0.05) is 26.2 Å². The minimum atomic E-state index is 0.0198. The lowest BCUT2D eigenvalue weighted by atomic mass is 9.81. The molecular formula is C13H20N2O. The fourth-order valence-corrected chi connectivity index (χ4v) is 2.68. The van der Waals surface area contributed by atoms with Gasteiger partial charge in [-0.15, -0.1) is 0 Å². The first-order valence-electron chi connectivity index (χ1n) is 6.28. The van der Waals surface area contributed by atoms with E-state index in [0.29, 0.717) is 0 Å². The van der Waals surface area contributed by atoms with Crippen LogP contribution in [0.1, 0.15) is 39.0 Å². The highest BCUT2D eigenvalue weighted by atomic mass is 16.1. The molecule has 0 aliphatic heterocycles. The van der Waals surface area contributed by atoms with Gasteiger partial charge in [0.15, 0.2) is 0 Å². The van der Waals surface area contributed by atoms with Crippen LogP contribution in [0.15, 0.2) is 23.1 Å². The smallest absolute Gasteiger partial charge is 0.266 e. The fraction of sp³-hybridized carbons (Fsp3) is 0.692. The Balaban J connectivity index is 1.87. The molecule has 1 aliphatic rings. The number of rotatable bonds is 3. The molecule has 1 fully saturated rings. The van der Waals surface area contributed by atoms with Crippen molar-refractivity contribution in [1.29, 1.82) is 0 Å². The quantitative estimate of drug-likeness (QED) is 0.784. The molecule has 0 bridgehead atoms. The zero-order valence-corrected chi connectivity index (χ0v) is 9.93. The van der Waals surface area contributed by atoms with Gasteiger partial charge >= 0.3 is 0 Å². The van der Waals surface area contributed by atoms with Gasteiger partial charge < -0.3 is 0 Å². The molecule has 1 aromatic heterocycles.